The number of aromatic nitrogens is 2. The molecule has 0 spiro atoms. The van der Waals surface area contributed by atoms with Crippen LogP contribution < -0.4 is 10.3 Å². The van der Waals surface area contributed by atoms with Gasteiger partial charge in [0.2, 0.25) is 0 Å². The molecule has 4 aromatic carbocycles. The molecule has 0 radical (unpaired) electrons. The summed E-state index contributed by atoms with van der Waals surface area (Å²) in [5.74, 6) is 1.28. The van der Waals surface area contributed by atoms with Gasteiger partial charge >= 0.3 is 0 Å². The summed E-state index contributed by atoms with van der Waals surface area (Å²) in [7, 11) is 3.82. The van der Waals surface area contributed by atoms with E-state index in [2.05, 4.69) is 11.9 Å². The maximum atomic E-state index is 13.2. The van der Waals surface area contributed by atoms with E-state index in [0.717, 1.165) is 42.9 Å². The second kappa shape index (κ2) is 15.0. The molecule has 10 heteroatoms. The lowest BCUT2D eigenvalue weighted by atomic mass is 10.0. The molecule has 1 aliphatic heterocycles. The lowest BCUT2D eigenvalue weighted by molar-refractivity contribution is 0.0664. The fourth-order valence-electron chi connectivity index (χ4n) is 5.46. The Bertz CT molecular complexity index is 1940. The summed E-state index contributed by atoms with van der Waals surface area (Å²) < 4.78 is 7.54. The summed E-state index contributed by atoms with van der Waals surface area (Å²) >= 11 is 1.49. The third-order valence-electron chi connectivity index (χ3n) is 8.37. The molecule has 8 nitrogen and oxygen atoms in total. The number of thioether (sulfide) groups is 1. The Morgan fingerprint density at radius 3 is 2.04 bits per heavy atom. The molecule has 0 N–H and O–H groups in total. The quantitative estimate of drug-likeness (QED) is 0.106. The number of carbonyl (C=O) groups is 2. The van der Waals surface area contributed by atoms with Gasteiger partial charge < -0.3 is 14.5 Å². The highest BCUT2D eigenvalue weighted by molar-refractivity contribution is 7.98. The van der Waals surface area contributed by atoms with Crippen LogP contribution in [0.25, 0.3) is 10.9 Å². The molecule has 0 bridgehead atoms. The van der Waals surface area contributed by atoms with Crippen molar-refractivity contribution >= 4 is 46.8 Å². The molecule has 2 heterocycles. The first-order chi connectivity index (χ1) is 22.3. The Hall–Kier alpha value is -4.44. The standard InChI is InChI=1S/C37H36N4O4S.ClH/c1-25-5-4-6-32-33(25)36(44)40(3)37(38-32)46-24-27-9-11-28(12-10-27)34(42)29-15-17-31(18-16-29)45-23-26-7-13-30(14-8-26)35(43)41-21-19-39(2)20-22-41;/h4-18H,19-24H2,1-3H3;1H. The average Bonchev–Trinajstić information content (AvgIpc) is 3.08. The SMILES string of the molecule is Cc1cccc2nc(SCc3ccc(C(=O)c4ccc(OCc5ccc(C(=O)N6CCN(C)CC6)cc5)cc4)cc3)n(C)c(=O)c12.Cl. The summed E-state index contributed by atoms with van der Waals surface area (Å²) in [6.07, 6.45) is 0. The number of carbonyl (C=O) groups excluding carboxylic acids is 2. The number of hydrogen-bond acceptors (Lipinski definition) is 7. The number of hydrogen-bond donors (Lipinski definition) is 0. The zero-order chi connectivity index (χ0) is 32.2. The van der Waals surface area contributed by atoms with Gasteiger partial charge in [0.25, 0.3) is 11.5 Å². The number of amides is 1. The minimum Gasteiger partial charge on any atom is -0.489 e. The van der Waals surface area contributed by atoms with Crippen molar-refractivity contribution < 1.29 is 14.3 Å². The summed E-state index contributed by atoms with van der Waals surface area (Å²) in [5.41, 5.74) is 5.42. The van der Waals surface area contributed by atoms with Gasteiger partial charge in [0.05, 0.1) is 10.9 Å². The predicted molar refractivity (Wildman–Crippen MR) is 189 cm³/mol. The van der Waals surface area contributed by atoms with Gasteiger partial charge in [0, 0.05) is 55.7 Å². The topological polar surface area (TPSA) is 84.7 Å². The van der Waals surface area contributed by atoms with Gasteiger partial charge in [-0.15, -0.1) is 12.4 Å². The zero-order valence-corrected chi connectivity index (χ0v) is 28.3. The van der Waals surface area contributed by atoms with Crippen molar-refractivity contribution in [1.82, 2.24) is 19.4 Å². The maximum absolute atomic E-state index is 13.2. The van der Waals surface area contributed by atoms with Crippen LogP contribution in [-0.2, 0) is 19.4 Å². The molecule has 0 unspecified atom stereocenters. The average molecular weight is 669 g/mol. The van der Waals surface area contributed by atoms with E-state index in [4.69, 9.17) is 9.72 Å². The number of ether oxygens (including phenoxy) is 1. The minimum absolute atomic E-state index is 0. The van der Waals surface area contributed by atoms with Crippen molar-refractivity contribution in [3.63, 3.8) is 0 Å². The Morgan fingerprint density at radius 2 is 1.38 bits per heavy atom. The molecule has 1 aliphatic rings. The molecular weight excluding hydrogens is 632 g/mol. The van der Waals surface area contributed by atoms with Crippen molar-refractivity contribution in [2.24, 2.45) is 7.05 Å². The van der Waals surface area contributed by atoms with Crippen LogP contribution in [-0.4, -0.2) is 64.3 Å². The van der Waals surface area contributed by atoms with E-state index in [1.165, 1.54) is 11.8 Å². The maximum Gasteiger partial charge on any atom is 0.262 e. The lowest BCUT2D eigenvalue weighted by Crippen LogP contribution is -2.47. The number of piperazine rings is 1. The smallest absolute Gasteiger partial charge is 0.262 e. The number of fused-ring (bicyclic) bond motifs is 1. The highest BCUT2D eigenvalue weighted by atomic mass is 35.5. The van der Waals surface area contributed by atoms with Crippen LogP contribution in [0.4, 0.5) is 0 Å². The molecule has 1 fully saturated rings. The molecule has 47 heavy (non-hydrogen) atoms. The summed E-state index contributed by atoms with van der Waals surface area (Å²) in [6, 6.07) is 27.9. The molecule has 0 aliphatic carbocycles. The third kappa shape index (κ3) is 7.76. The molecular formula is C37H37ClN4O4S. The third-order valence-corrected chi connectivity index (χ3v) is 9.47. The van der Waals surface area contributed by atoms with Gasteiger partial charge in [0.1, 0.15) is 12.4 Å². The van der Waals surface area contributed by atoms with Crippen LogP contribution in [0.3, 0.4) is 0 Å². The minimum atomic E-state index is -0.0691. The highest BCUT2D eigenvalue weighted by Crippen LogP contribution is 2.24. The van der Waals surface area contributed by atoms with E-state index < -0.39 is 0 Å². The Kier molecular flexibility index (Phi) is 10.8. The number of halogens is 1. The molecule has 5 aromatic rings. The predicted octanol–water partition coefficient (Wildman–Crippen LogP) is 6.15. The normalized spacial score (nSPS) is 13.3. The Balaban J connectivity index is 0.00000433. The summed E-state index contributed by atoms with van der Waals surface area (Å²) in [4.78, 5) is 47.7. The number of aryl methyl sites for hydroxylation is 1. The lowest BCUT2D eigenvalue weighted by Gasteiger charge is -2.32. The van der Waals surface area contributed by atoms with E-state index >= 15 is 0 Å². The largest absolute Gasteiger partial charge is 0.489 e. The fourth-order valence-corrected chi connectivity index (χ4v) is 6.38. The van der Waals surface area contributed by atoms with Crippen LogP contribution in [0, 0.1) is 6.92 Å². The van der Waals surface area contributed by atoms with Crippen molar-refractivity contribution in [3.05, 3.63) is 135 Å². The van der Waals surface area contributed by atoms with Gasteiger partial charge in [0.15, 0.2) is 10.9 Å². The number of nitrogens with zero attached hydrogens (tertiary/aromatic N) is 4. The molecule has 242 valence electrons. The second-order valence-corrected chi connectivity index (χ2v) is 12.6. The Morgan fingerprint density at radius 1 is 0.787 bits per heavy atom. The van der Waals surface area contributed by atoms with E-state index in [-0.39, 0.29) is 29.7 Å². The van der Waals surface area contributed by atoms with Crippen LogP contribution >= 0.6 is 24.2 Å². The van der Waals surface area contributed by atoms with Crippen LogP contribution in [0.1, 0.15) is 43.0 Å². The number of ketones is 1. The monoisotopic (exact) mass is 668 g/mol. The first kappa shape index (κ1) is 33.9. The summed E-state index contributed by atoms with van der Waals surface area (Å²) in [5, 5.41) is 1.30. The van der Waals surface area contributed by atoms with E-state index in [9.17, 15) is 14.4 Å². The van der Waals surface area contributed by atoms with Crippen molar-refractivity contribution in [3.8, 4) is 5.75 Å². The van der Waals surface area contributed by atoms with Crippen LogP contribution in [0.15, 0.2) is 101 Å². The van der Waals surface area contributed by atoms with Gasteiger partial charge in [-0.1, -0.05) is 60.3 Å². The molecule has 6 rings (SSSR count). The van der Waals surface area contributed by atoms with Crippen molar-refractivity contribution in [1.29, 1.82) is 0 Å². The highest BCUT2D eigenvalue weighted by Gasteiger charge is 2.20. The number of rotatable bonds is 9. The molecule has 1 saturated heterocycles. The van der Waals surface area contributed by atoms with E-state index in [1.807, 2.05) is 78.6 Å². The van der Waals surface area contributed by atoms with E-state index in [0.29, 0.717) is 50.9 Å². The number of likely N-dealkylation sites (N-methyl/N-ethyl adjacent to an activating group) is 1. The van der Waals surface area contributed by atoms with Gasteiger partial charge in [-0.05, 0) is 73.1 Å². The zero-order valence-electron chi connectivity index (χ0n) is 26.6. The first-order valence-corrected chi connectivity index (χ1v) is 16.3. The fraction of sp³-hybridized carbons (Fsp3) is 0.243. The molecule has 1 amide bonds. The second-order valence-electron chi connectivity index (χ2n) is 11.6. The van der Waals surface area contributed by atoms with Crippen molar-refractivity contribution in [2.75, 3.05) is 33.2 Å². The van der Waals surface area contributed by atoms with Gasteiger partial charge in [-0.3, -0.25) is 19.0 Å². The van der Waals surface area contributed by atoms with Gasteiger partial charge in [-0.25, -0.2) is 4.98 Å². The Labute approximate surface area is 284 Å². The molecule has 1 aromatic heterocycles. The van der Waals surface area contributed by atoms with Gasteiger partial charge in [-0.2, -0.15) is 0 Å². The molecule has 0 saturated carbocycles. The van der Waals surface area contributed by atoms with Crippen LogP contribution in [0.5, 0.6) is 5.75 Å². The van der Waals surface area contributed by atoms with Crippen LogP contribution in [0.2, 0.25) is 0 Å². The first-order valence-electron chi connectivity index (χ1n) is 15.3. The molecule has 0 atom stereocenters. The summed E-state index contributed by atoms with van der Waals surface area (Å²) in [6.45, 7) is 5.56. The number of benzene rings is 4. The van der Waals surface area contributed by atoms with E-state index in [1.54, 1.807) is 35.9 Å². The van der Waals surface area contributed by atoms with Crippen molar-refractivity contribution in [2.45, 2.75) is 24.4 Å².